The molecule has 0 N–H and O–H groups in total. The Bertz CT molecular complexity index is 977. The molecule has 35 heavy (non-hydrogen) atoms. The summed E-state index contributed by atoms with van der Waals surface area (Å²) in [4.78, 5) is 8.12. The van der Waals surface area contributed by atoms with Gasteiger partial charge in [-0.25, -0.2) is 4.39 Å². The molecule has 0 aliphatic carbocycles. The summed E-state index contributed by atoms with van der Waals surface area (Å²) in [5, 5.41) is 4.45. The van der Waals surface area contributed by atoms with Gasteiger partial charge in [-0.2, -0.15) is 0 Å². The molecule has 1 atom stereocenters. The molecule has 0 amide bonds. The van der Waals surface area contributed by atoms with Gasteiger partial charge in [0.15, 0.2) is 0 Å². The third-order valence-electron chi connectivity index (χ3n) is 6.86. The summed E-state index contributed by atoms with van der Waals surface area (Å²) in [6, 6.07) is 6.79. The van der Waals surface area contributed by atoms with Crippen molar-refractivity contribution in [1.29, 1.82) is 0 Å². The van der Waals surface area contributed by atoms with Crippen molar-refractivity contribution in [3.63, 3.8) is 0 Å². The summed E-state index contributed by atoms with van der Waals surface area (Å²) in [6.07, 6.45) is 1.84. The van der Waals surface area contributed by atoms with Gasteiger partial charge in [-0.1, -0.05) is 65.8 Å². The van der Waals surface area contributed by atoms with E-state index in [1.54, 1.807) is 0 Å². The van der Waals surface area contributed by atoms with E-state index in [9.17, 15) is 4.39 Å². The minimum atomic E-state index is -2.20. The second-order valence-electron chi connectivity index (χ2n) is 12.8. The van der Waals surface area contributed by atoms with Crippen LogP contribution in [0.2, 0.25) is 18.1 Å². The van der Waals surface area contributed by atoms with E-state index in [2.05, 4.69) is 78.7 Å². The molecule has 196 valence electrons. The number of hydrogen-bond acceptors (Lipinski definition) is 4. The molecule has 0 fully saturated rings. The normalized spacial score (nSPS) is 18.4. The molecule has 0 bridgehead atoms. The van der Waals surface area contributed by atoms with E-state index in [0.717, 1.165) is 22.5 Å². The highest BCUT2D eigenvalue weighted by molar-refractivity contribution is 6.74. The van der Waals surface area contributed by atoms with Crippen molar-refractivity contribution in [2.45, 2.75) is 99.0 Å². The van der Waals surface area contributed by atoms with Gasteiger partial charge in [0, 0.05) is 18.2 Å². The fourth-order valence-electron chi connectivity index (χ4n) is 4.21. The summed E-state index contributed by atoms with van der Waals surface area (Å²) in [6.45, 7) is 26.1. The summed E-state index contributed by atoms with van der Waals surface area (Å²) in [5.41, 5.74) is 3.70. The van der Waals surface area contributed by atoms with E-state index < -0.39 is 13.9 Å². The lowest BCUT2D eigenvalue weighted by atomic mass is 9.82. The van der Waals surface area contributed by atoms with Crippen LogP contribution < -0.4 is 0 Å². The highest BCUT2D eigenvalue weighted by Gasteiger charge is 2.44. The Morgan fingerprint density at radius 3 is 1.97 bits per heavy atom. The molecule has 1 aromatic carbocycles. The van der Waals surface area contributed by atoms with Gasteiger partial charge < -0.3 is 14.2 Å². The lowest BCUT2D eigenvalue weighted by molar-refractivity contribution is 0.00182. The van der Waals surface area contributed by atoms with Crippen LogP contribution in [0.4, 0.5) is 4.39 Å². The van der Waals surface area contributed by atoms with E-state index >= 15 is 0 Å². The maximum absolute atomic E-state index is 14.0. The van der Waals surface area contributed by atoms with Gasteiger partial charge in [0.05, 0.1) is 18.0 Å². The number of nitrogens with zero attached hydrogens (tertiary/aromatic N) is 2. The van der Waals surface area contributed by atoms with E-state index in [1.807, 2.05) is 39.1 Å². The first-order chi connectivity index (χ1) is 15.9. The summed E-state index contributed by atoms with van der Waals surface area (Å²) >= 11 is 0. The van der Waals surface area contributed by atoms with Crippen molar-refractivity contribution in [3.8, 4) is 0 Å². The summed E-state index contributed by atoms with van der Waals surface area (Å²) in [5.74, 6) is 1.17. The van der Waals surface area contributed by atoms with Gasteiger partial charge in [-0.3, -0.25) is 0 Å². The average Bonchev–Trinajstić information content (AvgIpc) is 2.66. The second kappa shape index (κ2) is 10.5. The van der Waals surface area contributed by atoms with Crippen LogP contribution in [0.25, 0.3) is 5.57 Å². The van der Waals surface area contributed by atoms with Crippen LogP contribution in [0, 0.1) is 17.7 Å². The van der Waals surface area contributed by atoms with Gasteiger partial charge in [0.1, 0.15) is 17.2 Å². The van der Waals surface area contributed by atoms with Crippen molar-refractivity contribution >= 4 is 20.1 Å². The molecule has 1 aromatic rings. The standard InChI is InChI=1S/C29H47FN2O2Si/c1-19(2)25-23(18-31-34-28(5,6)7)24(21-14-16-22(30)17-15-21)27(26(20(3)4)32(25)11)33-35(12,13)29(8,9)10/h14-20,25H,1-13H3. The Morgan fingerprint density at radius 1 is 1.00 bits per heavy atom. The number of halogens is 1. The maximum atomic E-state index is 14.0. The molecule has 0 spiro atoms. The lowest BCUT2D eigenvalue weighted by Gasteiger charge is -2.46. The first kappa shape index (κ1) is 29.1. The van der Waals surface area contributed by atoms with Crippen molar-refractivity contribution in [3.05, 3.63) is 52.7 Å². The van der Waals surface area contributed by atoms with Gasteiger partial charge in [-0.05, 0) is 68.4 Å². The zero-order valence-electron chi connectivity index (χ0n) is 24.2. The monoisotopic (exact) mass is 502 g/mol. The van der Waals surface area contributed by atoms with Gasteiger partial charge in [0.2, 0.25) is 0 Å². The first-order valence-electron chi connectivity index (χ1n) is 12.8. The number of allylic oxidation sites excluding steroid dienone is 2. The fraction of sp³-hybridized carbons (Fsp3) is 0.621. The summed E-state index contributed by atoms with van der Waals surface area (Å²) in [7, 11) is -0.0559. The number of benzene rings is 1. The number of oxime groups is 1. The summed E-state index contributed by atoms with van der Waals surface area (Å²) < 4.78 is 21.1. The van der Waals surface area contributed by atoms with E-state index in [0.29, 0.717) is 5.92 Å². The third-order valence-corrected chi connectivity index (χ3v) is 11.2. The zero-order chi connectivity index (χ0) is 26.9. The van der Waals surface area contributed by atoms with Crippen molar-refractivity contribution in [1.82, 2.24) is 4.90 Å². The fourth-order valence-corrected chi connectivity index (χ4v) is 5.23. The van der Waals surface area contributed by atoms with Crippen LogP contribution in [-0.2, 0) is 9.26 Å². The molecule has 0 saturated heterocycles. The minimum Gasteiger partial charge on any atom is -0.542 e. The molecule has 1 unspecified atom stereocenters. The Kier molecular flexibility index (Phi) is 8.74. The lowest BCUT2D eigenvalue weighted by Crippen LogP contribution is -2.46. The third kappa shape index (κ3) is 6.78. The molecule has 0 aromatic heterocycles. The predicted molar refractivity (Wildman–Crippen MR) is 149 cm³/mol. The van der Waals surface area contributed by atoms with Crippen molar-refractivity contribution < 1.29 is 13.7 Å². The first-order valence-corrected chi connectivity index (χ1v) is 15.7. The van der Waals surface area contributed by atoms with Gasteiger partial charge in [-0.15, -0.1) is 0 Å². The quantitative estimate of drug-likeness (QED) is 0.214. The van der Waals surface area contributed by atoms with Crippen LogP contribution >= 0.6 is 0 Å². The smallest absolute Gasteiger partial charge is 0.250 e. The molecule has 1 aliphatic heterocycles. The molecule has 1 aliphatic rings. The molecule has 2 rings (SSSR count). The Labute approximate surface area is 214 Å². The number of likely N-dealkylation sites (N-methyl/N-ethyl adjacent to an activating group) is 1. The SMILES string of the molecule is CC(C)C1=C(O[Si](C)(C)C(C)(C)C)C(c2ccc(F)cc2)=C(C=NOC(C)(C)C)C(C(C)C)N1C. The number of rotatable bonds is 7. The van der Waals surface area contributed by atoms with E-state index in [4.69, 9.17) is 9.26 Å². The Hall–Kier alpha value is -2.08. The average molecular weight is 503 g/mol. The van der Waals surface area contributed by atoms with Crippen LogP contribution in [0.15, 0.2) is 46.5 Å². The molecule has 0 saturated carbocycles. The second-order valence-corrected chi connectivity index (χ2v) is 17.5. The molecule has 4 nitrogen and oxygen atoms in total. The van der Waals surface area contributed by atoms with Crippen molar-refractivity contribution in [2.75, 3.05) is 7.05 Å². The topological polar surface area (TPSA) is 34.1 Å². The molecule has 1 heterocycles. The molecule has 6 heteroatoms. The van der Waals surface area contributed by atoms with Crippen LogP contribution in [0.5, 0.6) is 0 Å². The highest BCUT2D eigenvalue weighted by Crippen LogP contribution is 2.46. The molecular weight excluding hydrogens is 455 g/mol. The van der Waals surface area contributed by atoms with E-state index in [-0.39, 0.29) is 22.8 Å². The Balaban J connectivity index is 2.95. The number of hydrogen-bond donors (Lipinski definition) is 0. The Morgan fingerprint density at radius 2 is 1.54 bits per heavy atom. The van der Waals surface area contributed by atoms with E-state index in [1.165, 1.54) is 17.8 Å². The van der Waals surface area contributed by atoms with Crippen LogP contribution in [-0.4, -0.2) is 38.1 Å². The van der Waals surface area contributed by atoms with Gasteiger partial charge in [0.25, 0.3) is 8.32 Å². The van der Waals surface area contributed by atoms with Crippen LogP contribution in [0.1, 0.15) is 74.8 Å². The predicted octanol–water partition coefficient (Wildman–Crippen LogP) is 8.24. The highest BCUT2D eigenvalue weighted by atomic mass is 28.4. The van der Waals surface area contributed by atoms with Gasteiger partial charge >= 0.3 is 0 Å². The minimum absolute atomic E-state index is 0.0209. The van der Waals surface area contributed by atoms with Crippen LogP contribution in [0.3, 0.4) is 0 Å². The maximum Gasteiger partial charge on any atom is 0.250 e. The van der Waals surface area contributed by atoms with Crippen molar-refractivity contribution in [2.24, 2.45) is 17.0 Å². The largest absolute Gasteiger partial charge is 0.542 e. The molecule has 0 radical (unpaired) electrons. The zero-order valence-corrected chi connectivity index (χ0v) is 25.2. The molecular formula is C29H47FN2O2Si.